The smallest absolute Gasteiger partial charge is 0.254 e. The molecule has 3 atom stereocenters. The van der Waals surface area contributed by atoms with E-state index < -0.39 is 34.9 Å². The van der Waals surface area contributed by atoms with Crippen molar-refractivity contribution in [2.24, 2.45) is 11.3 Å². The number of likely N-dealkylation sites (tertiary alicyclic amines) is 1. The lowest BCUT2D eigenvalue weighted by Crippen LogP contribution is -2.41. The van der Waals surface area contributed by atoms with E-state index in [4.69, 9.17) is 28.5 Å². The van der Waals surface area contributed by atoms with Crippen molar-refractivity contribution < 1.29 is 13.6 Å². The molecule has 8 heteroatoms. The van der Waals surface area contributed by atoms with Crippen LogP contribution in [0, 0.1) is 45.6 Å². The van der Waals surface area contributed by atoms with Crippen LogP contribution in [0.5, 0.6) is 0 Å². The minimum absolute atomic E-state index is 0.0202. The molecule has 1 amide bonds. The molecule has 3 aromatic rings. The van der Waals surface area contributed by atoms with Crippen LogP contribution in [0.3, 0.4) is 0 Å². The fourth-order valence-electron chi connectivity index (χ4n) is 5.52. The first-order valence-corrected chi connectivity index (χ1v) is 12.8. The zero-order valence-corrected chi connectivity index (χ0v) is 22.6. The summed E-state index contributed by atoms with van der Waals surface area (Å²) in [6.45, 7) is 6.05. The van der Waals surface area contributed by atoms with Crippen molar-refractivity contribution in [2.75, 3.05) is 6.54 Å². The number of carbonyl (C=O) groups is 1. The highest BCUT2D eigenvalue weighted by Gasteiger charge is 2.60. The summed E-state index contributed by atoms with van der Waals surface area (Å²) in [5.41, 5.74) is -1.27. The Bertz CT molecular complexity index is 1470. The van der Waals surface area contributed by atoms with Gasteiger partial charge in [0.15, 0.2) is 0 Å². The predicted octanol–water partition coefficient (Wildman–Crippen LogP) is 7.85. The van der Waals surface area contributed by atoms with Gasteiger partial charge in [-0.05, 0) is 54.3 Å². The second-order valence-electron chi connectivity index (χ2n) is 10.8. The number of nitrogens with zero attached hydrogens (tertiary/aromatic N) is 3. The Morgan fingerprint density at radius 2 is 1.76 bits per heavy atom. The van der Waals surface area contributed by atoms with Crippen LogP contribution in [0.15, 0.2) is 60.7 Å². The third-order valence-corrected chi connectivity index (χ3v) is 7.55. The number of rotatable bonds is 4. The van der Waals surface area contributed by atoms with Crippen LogP contribution in [-0.2, 0) is 5.41 Å². The highest BCUT2D eigenvalue weighted by atomic mass is 35.5. The first kappa shape index (κ1) is 27.6. The number of carbonyl (C=O) groups excluding carboxylic acids is 1. The molecular formula is C30H25Cl2F2N3O. The SMILES string of the molecule is CC(C)(C)CC1CN(C(=O)c2ccc(C#N)cc2)[C@H](c2cccc(Cl)c2F)[C@@]1(C#N)c1ccc(Cl)cc1F. The Hall–Kier alpha value is -3.45. The van der Waals surface area contributed by atoms with E-state index in [-0.39, 0.29) is 38.7 Å². The monoisotopic (exact) mass is 551 g/mol. The average molecular weight is 552 g/mol. The molecule has 0 bridgehead atoms. The van der Waals surface area contributed by atoms with E-state index in [0.29, 0.717) is 12.0 Å². The summed E-state index contributed by atoms with van der Waals surface area (Å²) >= 11 is 12.2. The zero-order chi connectivity index (χ0) is 27.8. The molecule has 1 unspecified atom stereocenters. The van der Waals surface area contributed by atoms with Gasteiger partial charge in [-0.3, -0.25) is 4.79 Å². The molecule has 0 saturated carbocycles. The Balaban J connectivity index is 2.02. The molecule has 1 saturated heterocycles. The van der Waals surface area contributed by atoms with Gasteiger partial charge >= 0.3 is 0 Å². The lowest BCUT2D eigenvalue weighted by atomic mass is 9.63. The van der Waals surface area contributed by atoms with Crippen molar-refractivity contribution in [3.63, 3.8) is 0 Å². The normalized spacial score (nSPS) is 21.1. The largest absolute Gasteiger partial charge is 0.329 e. The second kappa shape index (κ2) is 10.4. The topological polar surface area (TPSA) is 67.9 Å². The summed E-state index contributed by atoms with van der Waals surface area (Å²) in [7, 11) is 0. The zero-order valence-electron chi connectivity index (χ0n) is 21.1. The lowest BCUT2D eigenvalue weighted by Gasteiger charge is -2.38. The van der Waals surface area contributed by atoms with Gasteiger partial charge < -0.3 is 4.90 Å². The minimum atomic E-state index is -1.66. The number of benzene rings is 3. The standard InChI is InChI=1S/C30H25Cl2F2N3O/c1-29(2,3)14-20-16-37(28(38)19-9-7-18(15-35)8-10-19)27(22-5-4-6-24(32)26(22)34)30(20,17-36)23-12-11-21(31)13-25(23)33/h4-13,20,27H,14,16H2,1-3H3/t20?,27-,30-/m1/s1. The molecule has 4 rings (SSSR count). The van der Waals surface area contributed by atoms with Crippen molar-refractivity contribution in [2.45, 2.75) is 38.6 Å². The quantitative estimate of drug-likeness (QED) is 0.331. The molecule has 0 spiro atoms. The van der Waals surface area contributed by atoms with Crippen molar-refractivity contribution in [1.82, 2.24) is 4.90 Å². The van der Waals surface area contributed by atoms with Crippen LogP contribution >= 0.6 is 23.2 Å². The fraction of sp³-hybridized carbons (Fsp3) is 0.300. The van der Waals surface area contributed by atoms with Gasteiger partial charge in [-0.25, -0.2) is 8.78 Å². The van der Waals surface area contributed by atoms with Crippen molar-refractivity contribution >= 4 is 29.1 Å². The van der Waals surface area contributed by atoms with Gasteiger partial charge in [0.05, 0.1) is 28.8 Å². The van der Waals surface area contributed by atoms with Crippen LogP contribution in [0.2, 0.25) is 10.0 Å². The van der Waals surface area contributed by atoms with E-state index in [1.54, 1.807) is 6.07 Å². The van der Waals surface area contributed by atoms with E-state index in [2.05, 4.69) is 6.07 Å². The van der Waals surface area contributed by atoms with E-state index in [9.17, 15) is 10.1 Å². The maximum absolute atomic E-state index is 15.7. The van der Waals surface area contributed by atoms with Gasteiger partial charge in [0, 0.05) is 34.2 Å². The number of hydrogen-bond acceptors (Lipinski definition) is 3. The molecule has 194 valence electrons. The van der Waals surface area contributed by atoms with Crippen LogP contribution in [0.1, 0.15) is 60.3 Å². The molecule has 1 aliphatic rings. The van der Waals surface area contributed by atoms with Gasteiger partial charge in [-0.1, -0.05) is 62.2 Å². The number of hydrogen-bond donors (Lipinski definition) is 0. The van der Waals surface area contributed by atoms with Gasteiger partial charge in [-0.15, -0.1) is 0 Å². The lowest BCUT2D eigenvalue weighted by molar-refractivity contribution is 0.0713. The van der Waals surface area contributed by atoms with E-state index in [1.807, 2.05) is 26.8 Å². The van der Waals surface area contributed by atoms with Gasteiger partial charge in [0.25, 0.3) is 5.91 Å². The Labute approximate surface area is 231 Å². The summed E-state index contributed by atoms with van der Waals surface area (Å²) in [6, 6.07) is 17.7. The first-order chi connectivity index (χ1) is 17.9. The number of nitriles is 2. The predicted molar refractivity (Wildman–Crippen MR) is 143 cm³/mol. The van der Waals surface area contributed by atoms with E-state index >= 15 is 8.78 Å². The van der Waals surface area contributed by atoms with Gasteiger partial charge in [0.1, 0.15) is 17.0 Å². The summed E-state index contributed by atoms with van der Waals surface area (Å²) in [4.78, 5) is 15.4. The summed E-state index contributed by atoms with van der Waals surface area (Å²) in [5.74, 6) is -2.52. The molecule has 3 aromatic carbocycles. The summed E-state index contributed by atoms with van der Waals surface area (Å²) in [6.07, 6.45) is 0.443. The van der Waals surface area contributed by atoms with E-state index in [1.165, 1.54) is 53.4 Å². The first-order valence-electron chi connectivity index (χ1n) is 12.0. The Morgan fingerprint density at radius 3 is 2.34 bits per heavy atom. The fourth-order valence-corrected chi connectivity index (χ4v) is 5.86. The molecule has 0 aliphatic carbocycles. The number of halogens is 4. The van der Waals surface area contributed by atoms with Crippen LogP contribution in [0.25, 0.3) is 0 Å². The molecular weight excluding hydrogens is 527 g/mol. The minimum Gasteiger partial charge on any atom is -0.329 e. The van der Waals surface area contributed by atoms with Gasteiger partial charge in [0.2, 0.25) is 0 Å². The second-order valence-corrected chi connectivity index (χ2v) is 11.6. The summed E-state index contributed by atoms with van der Waals surface area (Å²) < 4.78 is 31.3. The summed E-state index contributed by atoms with van der Waals surface area (Å²) in [5, 5.41) is 20.0. The number of amides is 1. The molecule has 1 heterocycles. The molecule has 4 nitrogen and oxygen atoms in total. The molecule has 0 radical (unpaired) electrons. The Kier molecular flexibility index (Phi) is 7.53. The third kappa shape index (κ3) is 4.87. The highest BCUT2D eigenvalue weighted by molar-refractivity contribution is 6.31. The average Bonchev–Trinajstić information content (AvgIpc) is 3.18. The van der Waals surface area contributed by atoms with Crippen molar-refractivity contribution in [3.8, 4) is 12.1 Å². The third-order valence-electron chi connectivity index (χ3n) is 7.02. The molecule has 0 N–H and O–H groups in total. The van der Waals surface area contributed by atoms with E-state index in [0.717, 1.165) is 6.07 Å². The van der Waals surface area contributed by atoms with Crippen molar-refractivity contribution in [3.05, 3.63) is 105 Å². The molecule has 1 fully saturated rings. The van der Waals surface area contributed by atoms with Crippen molar-refractivity contribution in [1.29, 1.82) is 10.5 Å². The van der Waals surface area contributed by atoms with Gasteiger partial charge in [-0.2, -0.15) is 10.5 Å². The molecule has 38 heavy (non-hydrogen) atoms. The Morgan fingerprint density at radius 1 is 1.08 bits per heavy atom. The molecule has 0 aromatic heterocycles. The van der Waals surface area contributed by atoms with Crippen LogP contribution < -0.4 is 0 Å². The highest BCUT2D eigenvalue weighted by Crippen LogP contribution is 2.56. The maximum Gasteiger partial charge on any atom is 0.254 e. The van der Waals surface area contributed by atoms with Crippen LogP contribution in [0.4, 0.5) is 8.78 Å². The van der Waals surface area contributed by atoms with Crippen LogP contribution in [-0.4, -0.2) is 17.4 Å². The molecule has 1 aliphatic heterocycles. The maximum atomic E-state index is 15.7.